The standard InChI is InChI=1S/C22H38N2O2/c1-21(2,3)17-7-9-20(10-8-17)26-16-19(25)15-23-18-11-13-24(14-12-18)22(4,5)6/h7-10,18-19,23,25H,11-16H2,1-6H3. The smallest absolute Gasteiger partial charge is 0.119 e. The quantitative estimate of drug-likeness (QED) is 0.812. The molecule has 1 atom stereocenters. The summed E-state index contributed by atoms with van der Waals surface area (Å²) in [6.07, 6.45) is 1.79. The zero-order valence-corrected chi connectivity index (χ0v) is 17.5. The van der Waals surface area contributed by atoms with Crippen molar-refractivity contribution in [3.05, 3.63) is 29.8 Å². The van der Waals surface area contributed by atoms with Crippen LogP contribution in [0.1, 0.15) is 59.9 Å². The van der Waals surface area contributed by atoms with Gasteiger partial charge in [0.05, 0.1) is 0 Å². The lowest BCUT2D eigenvalue weighted by molar-refractivity contribution is 0.0800. The number of nitrogens with one attached hydrogen (secondary N) is 1. The lowest BCUT2D eigenvalue weighted by Crippen LogP contribution is -2.51. The van der Waals surface area contributed by atoms with Crippen molar-refractivity contribution in [1.82, 2.24) is 10.2 Å². The number of hydrogen-bond donors (Lipinski definition) is 2. The van der Waals surface area contributed by atoms with Crippen LogP contribution in [0.4, 0.5) is 0 Å². The summed E-state index contributed by atoms with van der Waals surface area (Å²) in [6.45, 7) is 16.6. The zero-order valence-electron chi connectivity index (χ0n) is 17.5. The van der Waals surface area contributed by atoms with Gasteiger partial charge in [0.25, 0.3) is 0 Å². The highest BCUT2D eigenvalue weighted by Crippen LogP contribution is 2.24. The first-order chi connectivity index (χ1) is 12.1. The Morgan fingerprint density at radius 3 is 2.15 bits per heavy atom. The van der Waals surface area contributed by atoms with Crippen LogP contribution in [0.3, 0.4) is 0 Å². The maximum Gasteiger partial charge on any atom is 0.119 e. The molecule has 0 saturated carbocycles. The molecule has 148 valence electrons. The highest BCUT2D eigenvalue weighted by Gasteiger charge is 2.26. The lowest BCUT2D eigenvalue weighted by atomic mass is 9.87. The van der Waals surface area contributed by atoms with Crippen LogP contribution in [0.15, 0.2) is 24.3 Å². The first kappa shape index (κ1) is 21.2. The van der Waals surface area contributed by atoms with Crippen molar-refractivity contribution in [2.45, 2.75) is 77.5 Å². The van der Waals surface area contributed by atoms with Crippen LogP contribution < -0.4 is 10.1 Å². The van der Waals surface area contributed by atoms with E-state index in [1.807, 2.05) is 12.1 Å². The van der Waals surface area contributed by atoms with Gasteiger partial charge in [-0.25, -0.2) is 0 Å². The van der Waals surface area contributed by atoms with Crippen LogP contribution >= 0.6 is 0 Å². The Balaban J connectivity index is 1.67. The van der Waals surface area contributed by atoms with Crippen LogP contribution in [-0.2, 0) is 5.41 Å². The Kier molecular flexibility index (Phi) is 7.12. The van der Waals surface area contributed by atoms with Gasteiger partial charge in [-0.05, 0) is 56.7 Å². The number of rotatable bonds is 6. The predicted molar refractivity (Wildman–Crippen MR) is 109 cm³/mol. The molecule has 1 heterocycles. The highest BCUT2D eigenvalue weighted by atomic mass is 16.5. The number of ether oxygens (including phenoxy) is 1. The summed E-state index contributed by atoms with van der Waals surface area (Å²) in [5, 5.41) is 13.7. The summed E-state index contributed by atoms with van der Waals surface area (Å²) in [4.78, 5) is 2.53. The van der Waals surface area contributed by atoms with Crippen molar-refractivity contribution in [3.63, 3.8) is 0 Å². The number of nitrogens with zero attached hydrogens (tertiary/aromatic N) is 1. The van der Waals surface area contributed by atoms with Gasteiger partial charge in [0.2, 0.25) is 0 Å². The first-order valence-electron chi connectivity index (χ1n) is 9.95. The molecule has 1 aliphatic rings. The summed E-state index contributed by atoms with van der Waals surface area (Å²) in [5.74, 6) is 0.815. The van der Waals surface area contributed by atoms with E-state index >= 15 is 0 Å². The van der Waals surface area contributed by atoms with E-state index in [0.29, 0.717) is 19.2 Å². The van der Waals surface area contributed by atoms with Gasteiger partial charge < -0.3 is 15.2 Å². The van der Waals surface area contributed by atoms with Gasteiger partial charge in [0.15, 0.2) is 0 Å². The summed E-state index contributed by atoms with van der Waals surface area (Å²) in [6, 6.07) is 8.67. The normalized spacial score (nSPS) is 18.7. The number of likely N-dealkylation sites (tertiary alicyclic amines) is 1. The Morgan fingerprint density at radius 1 is 1.08 bits per heavy atom. The molecule has 4 nitrogen and oxygen atoms in total. The van der Waals surface area contributed by atoms with Crippen LogP contribution in [-0.4, -0.2) is 53.9 Å². The minimum Gasteiger partial charge on any atom is -0.491 e. The molecule has 1 saturated heterocycles. The molecule has 1 fully saturated rings. The van der Waals surface area contributed by atoms with Crippen LogP contribution in [0.5, 0.6) is 5.75 Å². The van der Waals surface area contributed by atoms with Crippen molar-refractivity contribution >= 4 is 0 Å². The Hall–Kier alpha value is -1.10. The third-order valence-electron chi connectivity index (χ3n) is 5.25. The molecule has 0 radical (unpaired) electrons. The number of piperidine rings is 1. The molecule has 0 aliphatic carbocycles. The molecule has 4 heteroatoms. The fourth-order valence-electron chi connectivity index (χ4n) is 3.36. The van der Waals surface area contributed by atoms with E-state index in [9.17, 15) is 5.11 Å². The monoisotopic (exact) mass is 362 g/mol. The van der Waals surface area contributed by atoms with Crippen LogP contribution in [0.25, 0.3) is 0 Å². The van der Waals surface area contributed by atoms with Gasteiger partial charge in [0.1, 0.15) is 18.5 Å². The second-order valence-corrected chi connectivity index (χ2v) is 9.58. The third-order valence-corrected chi connectivity index (χ3v) is 5.25. The third kappa shape index (κ3) is 6.57. The second-order valence-electron chi connectivity index (χ2n) is 9.58. The maximum atomic E-state index is 10.2. The average molecular weight is 363 g/mol. The first-order valence-corrected chi connectivity index (χ1v) is 9.95. The Labute approximate surface area is 159 Å². The number of benzene rings is 1. The Bertz CT molecular complexity index is 535. The molecule has 2 rings (SSSR count). The van der Waals surface area contributed by atoms with Crippen molar-refractivity contribution in [2.75, 3.05) is 26.2 Å². The van der Waals surface area contributed by atoms with Crippen molar-refractivity contribution in [2.24, 2.45) is 0 Å². The largest absolute Gasteiger partial charge is 0.491 e. The fourth-order valence-corrected chi connectivity index (χ4v) is 3.36. The molecule has 0 spiro atoms. The van der Waals surface area contributed by atoms with E-state index in [4.69, 9.17) is 4.74 Å². The van der Waals surface area contributed by atoms with Gasteiger partial charge in [-0.3, -0.25) is 4.90 Å². The highest BCUT2D eigenvalue weighted by molar-refractivity contribution is 5.31. The zero-order chi connectivity index (χ0) is 19.4. The molecule has 0 bridgehead atoms. The SMILES string of the molecule is CC(C)(C)c1ccc(OCC(O)CNC2CCN(C(C)(C)C)CC2)cc1. The Morgan fingerprint density at radius 2 is 1.65 bits per heavy atom. The van der Waals surface area contributed by atoms with E-state index in [1.165, 1.54) is 5.56 Å². The molecule has 1 aromatic carbocycles. The van der Waals surface area contributed by atoms with Gasteiger partial charge >= 0.3 is 0 Å². The van der Waals surface area contributed by atoms with Crippen molar-refractivity contribution in [3.8, 4) is 5.75 Å². The molecule has 1 aromatic rings. The molecule has 1 unspecified atom stereocenters. The summed E-state index contributed by atoms with van der Waals surface area (Å²) in [7, 11) is 0. The average Bonchev–Trinajstić information content (AvgIpc) is 2.57. The lowest BCUT2D eigenvalue weighted by Gasteiger charge is -2.41. The van der Waals surface area contributed by atoms with Crippen molar-refractivity contribution in [1.29, 1.82) is 0 Å². The molecule has 0 amide bonds. The van der Waals surface area contributed by atoms with E-state index in [2.05, 4.69) is 63.9 Å². The topological polar surface area (TPSA) is 44.7 Å². The van der Waals surface area contributed by atoms with Gasteiger partial charge in [-0.2, -0.15) is 0 Å². The molecule has 1 aliphatic heterocycles. The minimum absolute atomic E-state index is 0.143. The molecule has 0 aromatic heterocycles. The van der Waals surface area contributed by atoms with Gasteiger partial charge in [-0.1, -0.05) is 32.9 Å². The van der Waals surface area contributed by atoms with E-state index in [1.54, 1.807) is 0 Å². The molecular weight excluding hydrogens is 324 g/mol. The second kappa shape index (κ2) is 8.73. The number of hydrogen-bond acceptors (Lipinski definition) is 4. The molecular formula is C22H38N2O2. The van der Waals surface area contributed by atoms with E-state index < -0.39 is 6.10 Å². The van der Waals surface area contributed by atoms with Crippen molar-refractivity contribution < 1.29 is 9.84 Å². The predicted octanol–water partition coefficient (Wildman–Crippen LogP) is 3.58. The minimum atomic E-state index is -0.488. The molecule has 2 N–H and O–H groups in total. The van der Waals surface area contributed by atoms with Gasteiger partial charge in [-0.15, -0.1) is 0 Å². The summed E-state index contributed by atoms with van der Waals surface area (Å²) >= 11 is 0. The summed E-state index contributed by atoms with van der Waals surface area (Å²) in [5.41, 5.74) is 1.68. The fraction of sp³-hybridized carbons (Fsp3) is 0.727. The summed E-state index contributed by atoms with van der Waals surface area (Å²) < 4.78 is 5.74. The van der Waals surface area contributed by atoms with Gasteiger partial charge in [0, 0.05) is 31.2 Å². The van der Waals surface area contributed by atoms with E-state index in [0.717, 1.165) is 31.7 Å². The van der Waals surface area contributed by atoms with E-state index in [-0.39, 0.29) is 11.0 Å². The number of aliphatic hydroxyl groups excluding tert-OH is 1. The molecule has 26 heavy (non-hydrogen) atoms. The van der Waals surface area contributed by atoms with Crippen LogP contribution in [0, 0.1) is 0 Å². The van der Waals surface area contributed by atoms with Crippen LogP contribution in [0.2, 0.25) is 0 Å². The maximum absolute atomic E-state index is 10.2. The number of aliphatic hydroxyl groups is 1.